The Labute approximate surface area is 134 Å². The second-order valence-electron chi connectivity index (χ2n) is 5.75. The smallest absolute Gasteiger partial charge is 0.274 e. The Balaban J connectivity index is 1.69. The first kappa shape index (κ1) is 15.4. The van der Waals surface area contributed by atoms with E-state index in [0.29, 0.717) is 6.42 Å². The Hall–Kier alpha value is -2.50. The van der Waals surface area contributed by atoms with Crippen molar-refractivity contribution < 1.29 is 14.4 Å². The molecule has 1 fully saturated rings. The highest BCUT2D eigenvalue weighted by Crippen LogP contribution is 2.26. The van der Waals surface area contributed by atoms with Gasteiger partial charge < -0.3 is 5.73 Å². The number of hydroxylamine groups is 2. The lowest BCUT2D eigenvalue weighted by atomic mass is 9.90. The van der Waals surface area contributed by atoms with Crippen LogP contribution in [0.3, 0.4) is 0 Å². The Morgan fingerprint density at radius 1 is 0.957 bits per heavy atom. The van der Waals surface area contributed by atoms with Crippen molar-refractivity contribution in [3.63, 3.8) is 0 Å². The molecule has 1 aliphatic heterocycles. The van der Waals surface area contributed by atoms with Crippen LogP contribution in [0.2, 0.25) is 0 Å². The lowest BCUT2D eigenvalue weighted by Crippen LogP contribution is -2.49. The molecular weight excluding hydrogens is 292 g/mol. The molecule has 5 heteroatoms. The molecule has 0 spiro atoms. The maximum Gasteiger partial charge on any atom is 0.274 e. The molecule has 0 aliphatic carbocycles. The summed E-state index contributed by atoms with van der Waals surface area (Å²) in [7, 11) is 0. The molecule has 0 radical (unpaired) electrons. The highest BCUT2D eigenvalue weighted by Gasteiger charge is 2.50. The van der Waals surface area contributed by atoms with Gasteiger partial charge >= 0.3 is 0 Å². The molecule has 2 N–H and O–H groups in total. The molecule has 1 atom stereocenters. The SMILES string of the molecule is N[C@]1(Cc2ccccc2)CC(=O)N(OCc2ccccc2)C1=O. The number of rotatable bonds is 5. The predicted molar refractivity (Wildman–Crippen MR) is 84.8 cm³/mol. The minimum Gasteiger partial charge on any atom is -0.317 e. The van der Waals surface area contributed by atoms with Gasteiger partial charge in [-0.05, 0) is 11.1 Å². The quantitative estimate of drug-likeness (QED) is 0.855. The number of amides is 2. The number of imide groups is 1. The van der Waals surface area contributed by atoms with E-state index in [1.54, 1.807) is 0 Å². The lowest BCUT2D eigenvalue weighted by molar-refractivity contribution is -0.192. The van der Waals surface area contributed by atoms with Crippen LogP contribution in [0.25, 0.3) is 0 Å². The first-order valence-electron chi connectivity index (χ1n) is 7.45. The second-order valence-corrected chi connectivity index (χ2v) is 5.75. The highest BCUT2D eigenvalue weighted by atomic mass is 16.7. The maximum absolute atomic E-state index is 12.5. The summed E-state index contributed by atoms with van der Waals surface area (Å²) in [4.78, 5) is 30.0. The van der Waals surface area contributed by atoms with Gasteiger partial charge in [-0.2, -0.15) is 5.06 Å². The largest absolute Gasteiger partial charge is 0.317 e. The van der Waals surface area contributed by atoms with Crippen LogP contribution in [0.4, 0.5) is 0 Å². The molecule has 0 unspecified atom stereocenters. The van der Waals surface area contributed by atoms with E-state index in [0.717, 1.165) is 16.2 Å². The molecule has 5 nitrogen and oxygen atoms in total. The molecule has 118 valence electrons. The Kier molecular flexibility index (Phi) is 4.23. The van der Waals surface area contributed by atoms with E-state index in [1.807, 2.05) is 60.7 Å². The van der Waals surface area contributed by atoms with Crippen LogP contribution in [0, 0.1) is 0 Å². The molecule has 0 bridgehead atoms. The number of hydrogen-bond acceptors (Lipinski definition) is 4. The molecule has 2 aromatic rings. The number of hydrogen-bond donors (Lipinski definition) is 1. The highest BCUT2D eigenvalue weighted by molar-refractivity contribution is 6.07. The summed E-state index contributed by atoms with van der Waals surface area (Å²) in [6, 6.07) is 18.8. The zero-order valence-electron chi connectivity index (χ0n) is 12.6. The predicted octanol–water partition coefficient (Wildman–Crippen LogP) is 1.82. The number of carbonyl (C=O) groups excluding carboxylic acids is 2. The van der Waals surface area contributed by atoms with Gasteiger partial charge in [-0.15, -0.1) is 0 Å². The van der Waals surface area contributed by atoms with Gasteiger partial charge in [0.1, 0.15) is 12.1 Å². The van der Waals surface area contributed by atoms with Crippen molar-refractivity contribution in [3.8, 4) is 0 Å². The van der Waals surface area contributed by atoms with Gasteiger partial charge in [0.25, 0.3) is 11.8 Å². The Morgan fingerprint density at radius 2 is 1.52 bits per heavy atom. The van der Waals surface area contributed by atoms with E-state index >= 15 is 0 Å². The minimum atomic E-state index is -1.24. The Morgan fingerprint density at radius 3 is 2.13 bits per heavy atom. The van der Waals surface area contributed by atoms with E-state index in [-0.39, 0.29) is 13.0 Å². The fourth-order valence-corrected chi connectivity index (χ4v) is 2.67. The zero-order chi connectivity index (χ0) is 16.3. The van der Waals surface area contributed by atoms with Crippen LogP contribution in [0.5, 0.6) is 0 Å². The third-order valence-electron chi connectivity index (χ3n) is 3.87. The summed E-state index contributed by atoms with van der Waals surface area (Å²) in [5.41, 5.74) is 6.75. The first-order valence-corrected chi connectivity index (χ1v) is 7.45. The molecule has 0 aromatic heterocycles. The molecule has 3 rings (SSSR count). The van der Waals surface area contributed by atoms with Gasteiger partial charge in [-0.1, -0.05) is 60.7 Å². The van der Waals surface area contributed by atoms with Crippen LogP contribution in [-0.2, 0) is 27.5 Å². The minimum absolute atomic E-state index is 0.0461. The molecule has 2 amide bonds. The fourth-order valence-electron chi connectivity index (χ4n) is 2.67. The zero-order valence-corrected chi connectivity index (χ0v) is 12.6. The lowest BCUT2D eigenvalue weighted by Gasteiger charge is -2.21. The average molecular weight is 310 g/mol. The number of nitrogens with two attached hydrogens (primary N) is 1. The summed E-state index contributed by atoms with van der Waals surface area (Å²) in [5.74, 6) is -0.883. The molecule has 2 aromatic carbocycles. The van der Waals surface area contributed by atoms with Crippen molar-refractivity contribution in [2.45, 2.75) is 25.0 Å². The summed E-state index contributed by atoms with van der Waals surface area (Å²) in [6.45, 7) is 0.153. The van der Waals surface area contributed by atoms with Crippen LogP contribution in [0.1, 0.15) is 17.5 Å². The fraction of sp³-hybridized carbons (Fsp3) is 0.222. The third-order valence-corrected chi connectivity index (χ3v) is 3.87. The van der Waals surface area contributed by atoms with Crippen molar-refractivity contribution in [1.82, 2.24) is 5.06 Å². The molecule has 1 saturated heterocycles. The summed E-state index contributed by atoms with van der Waals surface area (Å²) < 4.78 is 0. The normalized spacial score (nSPS) is 21.0. The first-order chi connectivity index (χ1) is 11.1. The maximum atomic E-state index is 12.5. The number of nitrogens with zero attached hydrogens (tertiary/aromatic N) is 1. The Bertz CT molecular complexity index is 703. The van der Waals surface area contributed by atoms with Crippen LogP contribution >= 0.6 is 0 Å². The van der Waals surface area contributed by atoms with Crippen molar-refractivity contribution in [2.75, 3.05) is 0 Å². The molecule has 1 aliphatic rings. The van der Waals surface area contributed by atoms with E-state index in [1.165, 1.54) is 0 Å². The van der Waals surface area contributed by atoms with E-state index < -0.39 is 17.4 Å². The number of carbonyl (C=O) groups is 2. The van der Waals surface area contributed by atoms with E-state index in [4.69, 9.17) is 10.6 Å². The molecule has 23 heavy (non-hydrogen) atoms. The van der Waals surface area contributed by atoms with Crippen LogP contribution < -0.4 is 5.73 Å². The van der Waals surface area contributed by atoms with Crippen LogP contribution in [-0.4, -0.2) is 22.4 Å². The summed E-state index contributed by atoms with van der Waals surface area (Å²) in [5, 5.41) is 0.815. The van der Waals surface area contributed by atoms with Crippen molar-refractivity contribution in [2.24, 2.45) is 5.73 Å². The molecule has 1 heterocycles. The molecular formula is C18H18N2O3. The summed E-state index contributed by atoms with van der Waals surface area (Å²) in [6.07, 6.45) is 0.263. The van der Waals surface area contributed by atoms with Crippen molar-refractivity contribution >= 4 is 11.8 Å². The summed E-state index contributed by atoms with van der Waals surface area (Å²) >= 11 is 0. The second kappa shape index (κ2) is 6.32. The van der Waals surface area contributed by atoms with E-state index in [2.05, 4.69) is 0 Å². The topological polar surface area (TPSA) is 72.6 Å². The average Bonchev–Trinajstić information content (AvgIpc) is 2.77. The molecule has 0 saturated carbocycles. The van der Waals surface area contributed by atoms with Gasteiger partial charge in [-0.3, -0.25) is 14.4 Å². The van der Waals surface area contributed by atoms with Gasteiger partial charge in [0, 0.05) is 6.42 Å². The van der Waals surface area contributed by atoms with Gasteiger partial charge in [0.2, 0.25) is 0 Å². The third kappa shape index (κ3) is 3.31. The van der Waals surface area contributed by atoms with Crippen LogP contribution in [0.15, 0.2) is 60.7 Å². The van der Waals surface area contributed by atoms with Crippen molar-refractivity contribution in [1.29, 1.82) is 0 Å². The van der Waals surface area contributed by atoms with E-state index in [9.17, 15) is 9.59 Å². The monoisotopic (exact) mass is 310 g/mol. The van der Waals surface area contributed by atoms with Gasteiger partial charge in [0.15, 0.2) is 0 Å². The standard InChI is InChI=1S/C18H18N2O3/c19-18(11-14-7-3-1-4-8-14)12-16(21)20(17(18)22)23-13-15-9-5-2-6-10-15/h1-10H,11-13,19H2/t18-/m1/s1. The van der Waals surface area contributed by atoms with Gasteiger partial charge in [-0.25, -0.2) is 0 Å². The number of benzene rings is 2. The van der Waals surface area contributed by atoms with Crippen molar-refractivity contribution in [3.05, 3.63) is 71.8 Å². The van der Waals surface area contributed by atoms with Gasteiger partial charge in [0.05, 0.1) is 6.42 Å².